The molecule has 5 unspecified atom stereocenters. The molecule has 0 amide bonds. The van der Waals surface area contributed by atoms with Crippen LogP contribution in [0.5, 0.6) is 0 Å². The van der Waals surface area contributed by atoms with Crippen LogP contribution in [0.2, 0.25) is 0 Å². The maximum Gasteiger partial charge on any atom is 0.150 e. The third kappa shape index (κ3) is 6.57. The minimum absolute atomic E-state index is 0.160. The fourth-order valence-corrected chi connectivity index (χ4v) is 12.3. The van der Waals surface area contributed by atoms with E-state index in [4.69, 9.17) is 4.99 Å². The summed E-state index contributed by atoms with van der Waals surface area (Å²) in [7, 11) is -3.01. The van der Waals surface area contributed by atoms with Crippen molar-refractivity contribution < 1.29 is 8.42 Å². The van der Waals surface area contributed by atoms with Gasteiger partial charge in [0.05, 0.1) is 5.25 Å². The zero-order chi connectivity index (χ0) is 29.4. The first-order valence-corrected chi connectivity index (χ1v) is 19.5. The molecule has 4 saturated carbocycles. The zero-order valence-corrected chi connectivity index (χ0v) is 28.2. The predicted octanol–water partition coefficient (Wildman–Crippen LogP) is 8.62. The minimum Gasteiger partial charge on any atom is -0.313 e. The van der Waals surface area contributed by atoms with E-state index in [9.17, 15) is 8.42 Å². The largest absolute Gasteiger partial charge is 0.313 e. The van der Waals surface area contributed by atoms with E-state index in [-0.39, 0.29) is 10.7 Å². The molecule has 41 heavy (non-hydrogen) atoms. The van der Waals surface area contributed by atoms with Gasteiger partial charge in [-0.1, -0.05) is 60.0 Å². The average molecular weight is 587 g/mol. The van der Waals surface area contributed by atoms with Crippen LogP contribution < -0.4 is 5.32 Å². The molecule has 4 fully saturated rings. The van der Waals surface area contributed by atoms with Crippen LogP contribution in [0.25, 0.3) is 0 Å². The highest BCUT2D eigenvalue weighted by atomic mass is 32.2. The van der Waals surface area contributed by atoms with Gasteiger partial charge in [0, 0.05) is 37.2 Å². The predicted molar refractivity (Wildman–Crippen MR) is 174 cm³/mol. The molecule has 5 heteroatoms. The molecule has 1 N–H and O–H groups in total. The Bertz CT molecular complexity index is 1070. The summed E-state index contributed by atoms with van der Waals surface area (Å²) < 4.78 is 25.5. The first-order chi connectivity index (χ1) is 19.4. The number of allylic oxidation sites excluding steroid dienone is 1. The third-order valence-electron chi connectivity index (χ3n) is 13.4. The Balaban J connectivity index is 1.35. The van der Waals surface area contributed by atoms with Crippen molar-refractivity contribution in [3.05, 3.63) is 11.8 Å². The molecule has 0 saturated heterocycles. The molecular formula is C36H62N2O2S. The van der Waals surface area contributed by atoms with Gasteiger partial charge in [0.25, 0.3) is 0 Å². The topological polar surface area (TPSA) is 58.5 Å². The van der Waals surface area contributed by atoms with Crippen LogP contribution in [0.3, 0.4) is 0 Å². The highest BCUT2D eigenvalue weighted by Crippen LogP contribution is 2.68. The van der Waals surface area contributed by atoms with Crippen molar-refractivity contribution in [2.24, 2.45) is 57.2 Å². The number of hydrogen-bond acceptors (Lipinski definition) is 4. The van der Waals surface area contributed by atoms with Crippen molar-refractivity contribution >= 4 is 16.1 Å². The van der Waals surface area contributed by atoms with E-state index >= 15 is 0 Å². The smallest absolute Gasteiger partial charge is 0.150 e. The standard InChI is InChI=1S/C36H62N2O2S/c1-25(2)11-10-12-26(3)30-14-15-31-29-24-34(38-22-18-27-13-8-7-9-21-37-27)33-23-28(41(6,39)40)16-19-36(33,5)32(29)17-20-35(30,31)4/h13,21,25-26,28-34,38H,7-12,14-20,22-24H2,1-6H3/t26?,28-,29?,30+,31?,32?,33?,34+,35+,36+/m0/s1. The Hall–Kier alpha value is -0.680. The van der Waals surface area contributed by atoms with Gasteiger partial charge in [0.2, 0.25) is 0 Å². The molecule has 0 aromatic heterocycles. The Labute approximate surface area is 253 Å². The SMILES string of the molecule is CC(C)CCCC(C)[C@H]1CCC2C3C[C@@H](NCCC4=CCCCC=N4)C4C[C@@H](S(C)(=O)=O)CC[C@]4(C)C3CC[C@@]21C. The number of fused-ring (bicyclic) bond motifs is 5. The van der Waals surface area contributed by atoms with Crippen molar-refractivity contribution in [2.75, 3.05) is 12.8 Å². The fourth-order valence-electron chi connectivity index (χ4n) is 11.2. The molecule has 4 nitrogen and oxygen atoms in total. The van der Waals surface area contributed by atoms with Gasteiger partial charge in [0.1, 0.15) is 9.84 Å². The van der Waals surface area contributed by atoms with Crippen molar-refractivity contribution in [3.63, 3.8) is 0 Å². The Kier molecular flexibility index (Phi) is 9.86. The molecule has 5 aliphatic rings. The number of nitrogens with one attached hydrogen (secondary N) is 1. The van der Waals surface area contributed by atoms with Gasteiger partial charge < -0.3 is 5.32 Å². The molecule has 234 valence electrons. The number of rotatable bonds is 10. The van der Waals surface area contributed by atoms with Crippen LogP contribution in [-0.2, 0) is 9.84 Å². The quantitative estimate of drug-likeness (QED) is 0.279. The monoisotopic (exact) mass is 586 g/mol. The second kappa shape index (κ2) is 12.7. The van der Waals surface area contributed by atoms with Gasteiger partial charge in [-0.3, -0.25) is 4.99 Å². The lowest BCUT2D eigenvalue weighted by Gasteiger charge is -2.63. The molecule has 0 bridgehead atoms. The van der Waals surface area contributed by atoms with E-state index in [0.717, 1.165) is 80.6 Å². The van der Waals surface area contributed by atoms with Crippen molar-refractivity contribution in [1.82, 2.24) is 5.32 Å². The van der Waals surface area contributed by atoms with Gasteiger partial charge in [-0.2, -0.15) is 0 Å². The lowest BCUT2D eigenvalue weighted by atomic mass is 9.43. The number of sulfone groups is 1. The lowest BCUT2D eigenvalue weighted by Crippen LogP contribution is -2.61. The molecule has 0 aromatic carbocycles. The number of aliphatic imine (C=N–C) groups is 1. The summed E-state index contributed by atoms with van der Waals surface area (Å²) in [5.41, 5.74) is 1.97. The Morgan fingerprint density at radius 1 is 0.951 bits per heavy atom. The first-order valence-electron chi connectivity index (χ1n) is 17.6. The van der Waals surface area contributed by atoms with E-state index in [0.29, 0.717) is 17.4 Å². The van der Waals surface area contributed by atoms with Gasteiger partial charge in [-0.05, 0) is 123 Å². The summed E-state index contributed by atoms with van der Waals surface area (Å²) >= 11 is 0. The summed E-state index contributed by atoms with van der Waals surface area (Å²) in [5.74, 6) is 5.35. The third-order valence-corrected chi connectivity index (χ3v) is 15.1. The van der Waals surface area contributed by atoms with Crippen LogP contribution in [0.4, 0.5) is 0 Å². The normalized spacial score (nSPS) is 41.7. The summed E-state index contributed by atoms with van der Waals surface area (Å²) in [6.45, 7) is 13.5. The lowest BCUT2D eigenvalue weighted by molar-refractivity contribution is -0.126. The highest BCUT2D eigenvalue weighted by Gasteiger charge is 2.62. The second-order valence-corrected chi connectivity index (χ2v) is 18.6. The van der Waals surface area contributed by atoms with E-state index in [1.165, 1.54) is 69.7 Å². The molecule has 1 aliphatic heterocycles. The van der Waals surface area contributed by atoms with Gasteiger partial charge >= 0.3 is 0 Å². The molecule has 1 heterocycles. The second-order valence-electron chi connectivity index (χ2n) is 16.2. The average Bonchev–Trinajstić information content (AvgIpc) is 3.06. The van der Waals surface area contributed by atoms with Gasteiger partial charge in [-0.25, -0.2) is 8.42 Å². The van der Waals surface area contributed by atoms with Crippen LogP contribution in [0, 0.1) is 52.3 Å². The first kappa shape index (κ1) is 31.7. The maximum absolute atomic E-state index is 12.8. The number of nitrogens with zero attached hydrogens (tertiary/aromatic N) is 1. The molecule has 0 spiro atoms. The van der Waals surface area contributed by atoms with E-state index in [1.54, 1.807) is 0 Å². The maximum atomic E-state index is 12.8. The number of hydrogen-bond donors (Lipinski definition) is 1. The summed E-state index contributed by atoms with van der Waals surface area (Å²) in [4.78, 5) is 4.74. The van der Waals surface area contributed by atoms with Crippen LogP contribution in [0.15, 0.2) is 16.8 Å². The van der Waals surface area contributed by atoms with Crippen LogP contribution >= 0.6 is 0 Å². The summed E-state index contributed by atoms with van der Waals surface area (Å²) in [5, 5.41) is 3.91. The molecule has 4 aliphatic carbocycles. The molecule has 0 aromatic rings. The van der Waals surface area contributed by atoms with Gasteiger partial charge in [-0.15, -0.1) is 0 Å². The molecule has 0 radical (unpaired) electrons. The van der Waals surface area contributed by atoms with E-state index in [2.05, 4.69) is 52.2 Å². The summed E-state index contributed by atoms with van der Waals surface area (Å²) in [6, 6.07) is 0.422. The summed E-state index contributed by atoms with van der Waals surface area (Å²) in [6.07, 6.45) is 24.1. The minimum atomic E-state index is -3.01. The van der Waals surface area contributed by atoms with Crippen molar-refractivity contribution in [2.45, 2.75) is 142 Å². The molecule has 5 rings (SSSR count). The van der Waals surface area contributed by atoms with E-state index < -0.39 is 9.84 Å². The van der Waals surface area contributed by atoms with Crippen LogP contribution in [0.1, 0.15) is 131 Å². The van der Waals surface area contributed by atoms with Gasteiger partial charge in [0.15, 0.2) is 0 Å². The fraction of sp³-hybridized carbons (Fsp3) is 0.917. The highest BCUT2D eigenvalue weighted by molar-refractivity contribution is 7.91. The Morgan fingerprint density at radius 2 is 1.71 bits per heavy atom. The van der Waals surface area contributed by atoms with E-state index in [1.807, 2.05) is 0 Å². The zero-order valence-electron chi connectivity index (χ0n) is 27.3. The van der Waals surface area contributed by atoms with Crippen molar-refractivity contribution in [3.8, 4) is 0 Å². The van der Waals surface area contributed by atoms with Crippen LogP contribution in [-0.4, -0.2) is 38.7 Å². The molecule has 10 atom stereocenters. The molecular weight excluding hydrogens is 524 g/mol. The van der Waals surface area contributed by atoms with Crippen molar-refractivity contribution in [1.29, 1.82) is 0 Å². The Morgan fingerprint density at radius 3 is 2.46 bits per heavy atom.